The highest BCUT2D eigenvalue weighted by molar-refractivity contribution is 14.0. The number of amides is 1. The van der Waals surface area contributed by atoms with E-state index in [1.165, 1.54) is 0 Å². The van der Waals surface area contributed by atoms with Crippen LogP contribution >= 0.6 is 24.0 Å². The number of nitrogens with one attached hydrogen (secondary N) is 2. The Morgan fingerprint density at radius 3 is 2.50 bits per heavy atom. The minimum absolute atomic E-state index is 0. The first-order valence-corrected chi connectivity index (χ1v) is 8.15. The number of aliphatic imine (C=N–C) groups is 1. The Labute approximate surface area is 171 Å². The number of para-hydroxylation sites is 1. The fourth-order valence-corrected chi connectivity index (χ4v) is 2.30. The van der Waals surface area contributed by atoms with E-state index >= 15 is 0 Å². The Bertz CT molecular complexity index is 733. The molecule has 1 amide bonds. The van der Waals surface area contributed by atoms with E-state index in [4.69, 9.17) is 10.5 Å². The fourth-order valence-electron chi connectivity index (χ4n) is 2.30. The average molecular weight is 468 g/mol. The van der Waals surface area contributed by atoms with Gasteiger partial charge in [0.1, 0.15) is 0 Å². The van der Waals surface area contributed by atoms with Crippen molar-refractivity contribution in [3.05, 3.63) is 65.2 Å². The van der Waals surface area contributed by atoms with Crippen LogP contribution in [0.4, 0.5) is 5.69 Å². The van der Waals surface area contributed by atoms with Gasteiger partial charge in [-0.3, -0.25) is 4.79 Å². The number of guanidine groups is 1. The summed E-state index contributed by atoms with van der Waals surface area (Å²) < 4.78 is 5.17. The highest BCUT2D eigenvalue weighted by Crippen LogP contribution is 2.15. The molecule has 0 aliphatic carbocycles. The van der Waals surface area contributed by atoms with Gasteiger partial charge in [-0.2, -0.15) is 0 Å². The molecule has 4 N–H and O–H groups in total. The van der Waals surface area contributed by atoms with Crippen molar-refractivity contribution in [1.82, 2.24) is 5.32 Å². The van der Waals surface area contributed by atoms with E-state index in [0.29, 0.717) is 31.2 Å². The Balaban J connectivity index is 0.00000338. The van der Waals surface area contributed by atoms with Crippen LogP contribution in [-0.4, -0.2) is 25.5 Å². The maximum atomic E-state index is 11.7. The van der Waals surface area contributed by atoms with Crippen LogP contribution in [0.3, 0.4) is 0 Å². The first-order chi connectivity index (χ1) is 12.1. The standard InChI is InChI=1S/C19H24N4O2.HI/c1-3-21-18(24)15-10-8-14(9-11-15)12-22-19(20)23-17-7-5-4-6-16(17)13-25-2;/h4-11H,3,12-13H2,1-2H3,(H,21,24)(H3,20,22,23);1H. The molecular weight excluding hydrogens is 443 g/mol. The molecule has 0 saturated heterocycles. The van der Waals surface area contributed by atoms with Crippen LogP contribution in [0.1, 0.15) is 28.4 Å². The summed E-state index contributed by atoms with van der Waals surface area (Å²) >= 11 is 0. The third kappa shape index (κ3) is 6.64. The third-order valence-corrected chi connectivity index (χ3v) is 3.57. The summed E-state index contributed by atoms with van der Waals surface area (Å²) in [7, 11) is 1.65. The number of hydrogen-bond acceptors (Lipinski definition) is 3. The van der Waals surface area contributed by atoms with Gasteiger partial charge >= 0.3 is 0 Å². The Kier molecular flexibility index (Phi) is 9.67. The molecule has 6 nitrogen and oxygen atoms in total. The molecule has 2 rings (SSSR count). The van der Waals surface area contributed by atoms with Gasteiger partial charge < -0.3 is 21.1 Å². The SMILES string of the molecule is CCNC(=O)c1ccc(CN=C(N)Nc2ccccc2COC)cc1.I. The number of nitrogens with zero attached hydrogens (tertiary/aromatic N) is 1. The summed E-state index contributed by atoms with van der Waals surface area (Å²) in [5, 5.41) is 5.86. The molecule has 0 heterocycles. The van der Waals surface area contributed by atoms with Crippen LogP contribution in [0.5, 0.6) is 0 Å². The number of benzene rings is 2. The number of rotatable bonds is 7. The summed E-state index contributed by atoms with van der Waals surface area (Å²) in [6.07, 6.45) is 0. The minimum atomic E-state index is -0.0755. The molecule has 2 aromatic carbocycles. The lowest BCUT2D eigenvalue weighted by Gasteiger charge is -2.11. The maximum Gasteiger partial charge on any atom is 0.251 e. The predicted octanol–water partition coefficient (Wildman–Crippen LogP) is 3.13. The highest BCUT2D eigenvalue weighted by atomic mass is 127. The molecule has 0 aliphatic heterocycles. The van der Waals surface area contributed by atoms with E-state index in [0.717, 1.165) is 16.8 Å². The second kappa shape index (κ2) is 11.5. The molecule has 26 heavy (non-hydrogen) atoms. The van der Waals surface area contributed by atoms with Crippen LogP contribution in [-0.2, 0) is 17.9 Å². The number of ether oxygens (including phenoxy) is 1. The zero-order valence-corrected chi connectivity index (χ0v) is 17.3. The lowest BCUT2D eigenvalue weighted by atomic mass is 10.1. The molecule has 7 heteroatoms. The summed E-state index contributed by atoms with van der Waals surface area (Å²) in [5.41, 5.74) is 9.46. The highest BCUT2D eigenvalue weighted by Gasteiger charge is 2.04. The molecule has 0 atom stereocenters. The van der Waals surface area contributed by atoms with E-state index < -0.39 is 0 Å². The number of nitrogens with two attached hydrogens (primary N) is 1. The second-order valence-electron chi connectivity index (χ2n) is 5.47. The van der Waals surface area contributed by atoms with Gasteiger partial charge in [-0.15, -0.1) is 24.0 Å². The van der Waals surface area contributed by atoms with Crippen molar-refractivity contribution in [2.24, 2.45) is 10.7 Å². The van der Waals surface area contributed by atoms with Gasteiger partial charge in [0, 0.05) is 30.5 Å². The smallest absolute Gasteiger partial charge is 0.251 e. The van der Waals surface area contributed by atoms with Crippen LogP contribution in [0.15, 0.2) is 53.5 Å². The molecule has 0 unspecified atom stereocenters. The quantitative estimate of drug-likeness (QED) is 0.331. The number of halogens is 1. The fraction of sp³-hybridized carbons (Fsp3) is 0.263. The number of methoxy groups -OCH3 is 1. The van der Waals surface area contributed by atoms with Crippen molar-refractivity contribution >= 4 is 41.5 Å². The van der Waals surface area contributed by atoms with Gasteiger partial charge in [-0.1, -0.05) is 30.3 Å². The molecule has 140 valence electrons. The molecule has 0 fully saturated rings. The van der Waals surface area contributed by atoms with Crippen LogP contribution in [0, 0.1) is 0 Å². The predicted molar refractivity (Wildman–Crippen MR) is 116 cm³/mol. The molecule has 0 bridgehead atoms. The topological polar surface area (TPSA) is 88.7 Å². The second-order valence-corrected chi connectivity index (χ2v) is 5.47. The monoisotopic (exact) mass is 468 g/mol. The molecule has 2 aromatic rings. The summed E-state index contributed by atoms with van der Waals surface area (Å²) in [5.74, 6) is 0.254. The number of carbonyl (C=O) groups excluding carboxylic acids is 1. The van der Waals surface area contributed by atoms with E-state index in [2.05, 4.69) is 15.6 Å². The van der Waals surface area contributed by atoms with E-state index in [1.54, 1.807) is 19.2 Å². The molecule has 0 aliphatic rings. The molecule has 0 spiro atoms. The summed E-state index contributed by atoms with van der Waals surface area (Å²) in [4.78, 5) is 16.1. The first kappa shape index (κ1) is 21.9. The van der Waals surface area contributed by atoms with E-state index in [-0.39, 0.29) is 29.9 Å². The van der Waals surface area contributed by atoms with Crippen molar-refractivity contribution in [1.29, 1.82) is 0 Å². The van der Waals surface area contributed by atoms with Crippen molar-refractivity contribution in [3.8, 4) is 0 Å². The van der Waals surface area contributed by atoms with Crippen molar-refractivity contribution in [2.75, 3.05) is 19.0 Å². The zero-order chi connectivity index (χ0) is 18.1. The zero-order valence-electron chi connectivity index (χ0n) is 15.0. The number of anilines is 1. The normalized spacial score (nSPS) is 10.8. The number of hydrogen-bond donors (Lipinski definition) is 3. The minimum Gasteiger partial charge on any atom is -0.380 e. The van der Waals surface area contributed by atoms with Gasteiger partial charge in [-0.05, 0) is 30.7 Å². The largest absolute Gasteiger partial charge is 0.380 e. The van der Waals surface area contributed by atoms with Crippen molar-refractivity contribution in [2.45, 2.75) is 20.1 Å². The lowest BCUT2D eigenvalue weighted by molar-refractivity contribution is 0.0956. The van der Waals surface area contributed by atoms with Crippen LogP contribution in [0.25, 0.3) is 0 Å². The number of carbonyl (C=O) groups is 1. The maximum absolute atomic E-state index is 11.7. The first-order valence-electron chi connectivity index (χ1n) is 8.15. The van der Waals surface area contributed by atoms with E-state index in [9.17, 15) is 4.79 Å². The summed E-state index contributed by atoms with van der Waals surface area (Å²) in [6.45, 7) is 3.43. The van der Waals surface area contributed by atoms with E-state index in [1.807, 2.05) is 43.3 Å². The molecular formula is C19H25IN4O2. The van der Waals surface area contributed by atoms with Crippen molar-refractivity contribution in [3.63, 3.8) is 0 Å². The third-order valence-electron chi connectivity index (χ3n) is 3.57. The Morgan fingerprint density at radius 2 is 1.85 bits per heavy atom. The molecule has 0 saturated carbocycles. The van der Waals surface area contributed by atoms with Gasteiger partial charge in [0.05, 0.1) is 13.2 Å². The van der Waals surface area contributed by atoms with Crippen LogP contribution < -0.4 is 16.4 Å². The molecule has 0 aromatic heterocycles. The van der Waals surface area contributed by atoms with Gasteiger partial charge in [-0.25, -0.2) is 4.99 Å². The van der Waals surface area contributed by atoms with Crippen molar-refractivity contribution < 1.29 is 9.53 Å². The lowest BCUT2D eigenvalue weighted by Crippen LogP contribution is -2.23. The summed E-state index contributed by atoms with van der Waals surface area (Å²) in [6, 6.07) is 15.1. The Hall–Kier alpha value is -2.13. The molecule has 0 radical (unpaired) electrons. The average Bonchev–Trinajstić information content (AvgIpc) is 2.62. The van der Waals surface area contributed by atoms with Gasteiger partial charge in [0.25, 0.3) is 5.91 Å². The van der Waals surface area contributed by atoms with Gasteiger partial charge in [0.2, 0.25) is 0 Å². The van der Waals surface area contributed by atoms with Gasteiger partial charge in [0.15, 0.2) is 5.96 Å². The van der Waals surface area contributed by atoms with Crippen LogP contribution in [0.2, 0.25) is 0 Å². The Morgan fingerprint density at radius 1 is 1.15 bits per heavy atom.